The zero-order chi connectivity index (χ0) is 31.8. The van der Waals surface area contributed by atoms with E-state index in [1.807, 2.05) is 41.3 Å². The second-order valence-corrected chi connectivity index (χ2v) is 10.1. The number of rotatable bonds is 14. The molecule has 1 amide bonds. The largest absolute Gasteiger partial charge is 0.493 e. The van der Waals surface area contributed by atoms with Gasteiger partial charge in [-0.25, -0.2) is 0 Å². The number of ether oxygens (including phenoxy) is 7. The van der Waals surface area contributed by atoms with Crippen LogP contribution in [-0.4, -0.2) is 83.7 Å². The van der Waals surface area contributed by atoms with Gasteiger partial charge in [0.2, 0.25) is 5.75 Å². The smallest absolute Gasteiger partial charge is 0.276 e. The molecule has 0 atom stereocenters. The van der Waals surface area contributed by atoms with Gasteiger partial charge in [0, 0.05) is 13.1 Å². The molecule has 1 saturated heterocycles. The molecule has 234 valence electrons. The van der Waals surface area contributed by atoms with E-state index in [9.17, 15) is 4.79 Å². The summed E-state index contributed by atoms with van der Waals surface area (Å²) < 4.78 is 38.2. The maximum absolute atomic E-state index is 14.0. The molecule has 0 aromatic heterocycles. The zero-order valence-electron chi connectivity index (χ0n) is 26.1. The number of benzene rings is 3. The van der Waals surface area contributed by atoms with Gasteiger partial charge in [0.1, 0.15) is 5.70 Å². The molecule has 11 heteroatoms. The van der Waals surface area contributed by atoms with Gasteiger partial charge in [-0.05, 0) is 84.2 Å². The van der Waals surface area contributed by atoms with Crippen LogP contribution in [0, 0.1) is 0 Å². The molecule has 1 heterocycles. The Morgan fingerprint density at radius 3 is 1.48 bits per heavy atom. The van der Waals surface area contributed by atoms with E-state index in [4.69, 9.17) is 45.4 Å². The third kappa shape index (κ3) is 6.78. The summed E-state index contributed by atoms with van der Waals surface area (Å²) in [4.78, 5) is 17.5. The zero-order valence-corrected chi connectivity index (χ0v) is 26.9. The van der Waals surface area contributed by atoms with Crippen LogP contribution in [0.1, 0.15) is 16.7 Å². The molecule has 10 nitrogen and oxygen atoms in total. The quantitative estimate of drug-likeness (QED) is 0.181. The Morgan fingerprint density at radius 2 is 1.05 bits per heavy atom. The Balaban J connectivity index is 1.67. The number of hydrogen-bond acceptors (Lipinski definition) is 9. The van der Waals surface area contributed by atoms with E-state index in [1.54, 1.807) is 72.9 Å². The maximum Gasteiger partial charge on any atom is 0.276 e. The monoisotopic (exact) mass is 622 g/mol. The van der Waals surface area contributed by atoms with Crippen molar-refractivity contribution in [3.63, 3.8) is 0 Å². The van der Waals surface area contributed by atoms with Crippen molar-refractivity contribution in [3.05, 3.63) is 70.9 Å². The number of thiocarbonyl (C=S) groups is 1. The van der Waals surface area contributed by atoms with Crippen LogP contribution >= 0.6 is 12.2 Å². The molecular formula is C33H38N2O8S. The predicted octanol–water partition coefficient (Wildman–Crippen LogP) is 5.00. The van der Waals surface area contributed by atoms with Gasteiger partial charge in [0.25, 0.3) is 5.91 Å². The van der Waals surface area contributed by atoms with Crippen molar-refractivity contribution < 1.29 is 38.0 Å². The van der Waals surface area contributed by atoms with Crippen LogP contribution in [0.2, 0.25) is 0 Å². The first-order chi connectivity index (χ1) is 21.3. The van der Waals surface area contributed by atoms with Gasteiger partial charge >= 0.3 is 0 Å². The Morgan fingerprint density at radius 1 is 0.591 bits per heavy atom. The Labute approximate surface area is 263 Å². The fourth-order valence-electron chi connectivity index (χ4n) is 5.04. The fraction of sp³-hybridized carbons (Fsp3) is 0.333. The van der Waals surface area contributed by atoms with E-state index in [1.165, 1.54) is 0 Å². The van der Waals surface area contributed by atoms with Crippen molar-refractivity contribution in [1.29, 1.82) is 0 Å². The van der Waals surface area contributed by atoms with Gasteiger partial charge in [0.05, 0.1) is 49.8 Å². The number of methoxy groups -OCH3 is 7. The van der Waals surface area contributed by atoms with E-state index < -0.39 is 0 Å². The molecule has 0 saturated carbocycles. The summed E-state index contributed by atoms with van der Waals surface area (Å²) in [7, 11) is 11.0. The average molecular weight is 623 g/mol. The van der Waals surface area contributed by atoms with Gasteiger partial charge in [0.15, 0.2) is 39.6 Å². The highest BCUT2D eigenvalue weighted by molar-refractivity contribution is 7.80. The molecule has 1 fully saturated rings. The minimum Gasteiger partial charge on any atom is -0.493 e. The van der Waals surface area contributed by atoms with E-state index in [-0.39, 0.29) is 5.91 Å². The van der Waals surface area contributed by atoms with Gasteiger partial charge in [-0.15, -0.1) is 0 Å². The summed E-state index contributed by atoms with van der Waals surface area (Å²) in [6.45, 7) is 0.843. The number of amides is 1. The first-order valence-electron chi connectivity index (χ1n) is 13.9. The lowest BCUT2D eigenvalue weighted by molar-refractivity contribution is -0.122. The van der Waals surface area contributed by atoms with Crippen LogP contribution < -0.4 is 33.2 Å². The van der Waals surface area contributed by atoms with Crippen LogP contribution in [-0.2, 0) is 17.6 Å². The van der Waals surface area contributed by atoms with Crippen molar-refractivity contribution in [3.8, 4) is 40.2 Å². The lowest BCUT2D eigenvalue weighted by atomic mass is 10.1. The molecule has 0 aliphatic carbocycles. The minimum atomic E-state index is -0.198. The summed E-state index contributed by atoms with van der Waals surface area (Å²) in [6, 6.07) is 15.1. The van der Waals surface area contributed by atoms with Crippen LogP contribution in [0.3, 0.4) is 0 Å². The summed E-state index contributed by atoms with van der Waals surface area (Å²) in [5.74, 6) is 3.77. The van der Waals surface area contributed by atoms with Crippen molar-refractivity contribution in [2.75, 3.05) is 62.9 Å². The second kappa shape index (κ2) is 14.7. The molecule has 0 unspecified atom stereocenters. The van der Waals surface area contributed by atoms with E-state index in [0.717, 1.165) is 11.1 Å². The molecular weight excluding hydrogens is 584 g/mol. The van der Waals surface area contributed by atoms with Crippen LogP contribution in [0.15, 0.2) is 54.2 Å². The molecule has 3 aromatic rings. The third-order valence-electron chi connectivity index (χ3n) is 7.35. The van der Waals surface area contributed by atoms with Crippen molar-refractivity contribution in [1.82, 2.24) is 9.80 Å². The molecule has 44 heavy (non-hydrogen) atoms. The topological polar surface area (TPSA) is 88.2 Å². The molecule has 1 aliphatic heterocycles. The van der Waals surface area contributed by atoms with Gasteiger partial charge < -0.3 is 38.1 Å². The standard InChI is InChI=1S/C33H38N2O8S/c1-37-25-10-8-21(17-27(25)39-3)12-14-34-24(16-23-19-29(41-5)31(43-7)30(20-23)42-6)32(36)35(33(34)44)15-13-22-9-11-26(38-2)28(18-22)40-4/h8-11,16-20H,12-15H2,1-7H3/b24-16+. The van der Waals surface area contributed by atoms with Gasteiger partial charge in [-0.1, -0.05) is 12.1 Å². The highest BCUT2D eigenvalue weighted by Gasteiger charge is 2.37. The average Bonchev–Trinajstić information content (AvgIpc) is 3.28. The predicted molar refractivity (Wildman–Crippen MR) is 172 cm³/mol. The highest BCUT2D eigenvalue weighted by Crippen LogP contribution is 2.39. The van der Waals surface area contributed by atoms with Crippen molar-refractivity contribution >= 4 is 29.3 Å². The lowest BCUT2D eigenvalue weighted by Gasteiger charge is -2.21. The lowest BCUT2D eigenvalue weighted by Crippen LogP contribution is -2.35. The molecule has 0 spiro atoms. The van der Waals surface area contributed by atoms with Crippen LogP contribution in [0.25, 0.3) is 6.08 Å². The summed E-state index contributed by atoms with van der Waals surface area (Å²) in [6.07, 6.45) is 2.96. The summed E-state index contributed by atoms with van der Waals surface area (Å²) >= 11 is 5.91. The Kier molecular flexibility index (Phi) is 10.8. The molecule has 3 aromatic carbocycles. The summed E-state index contributed by atoms with van der Waals surface area (Å²) in [5.41, 5.74) is 3.13. The van der Waals surface area contributed by atoms with E-state index in [0.29, 0.717) is 82.6 Å². The number of hydrogen-bond donors (Lipinski definition) is 0. The Hall–Kier alpha value is -4.64. The van der Waals surface area contributed by atoms with Crippen LogP contribution in [0.4, 0.5) is 0 Å². The second-order valence-electron chi connectivity index (χ2n) is 9.76. The summed E-state index contributed by atoms with van der Waals surface area (Å²) in [5, 5.41) is 0.426. The minimum absolute atomic E-state index is 0.198. The Bertz CT molecular complexity index is 1520. The van der Waals surface area contributed by atoms with Gasteiger partial charge in [-0.3, -0.25) is 9.69 Å². The molecule has 0 N–H and O–H groups in total. The first kappa shape index (κ1) is 32.3. The number of nitrogens with zero attached hydrogens (tertiary/aromatic N) is 2. The number of carbonyl (C=O) groups is 1. The fourth-order valence-corrected chi connectivity index (χ4v) is 5.40. The maximum atomic E-state index is 14.0. The van der Waals surface area contributed by atoms with E-state index >= 15 is 0 Å². The van der Waals surface area contributed by atoms with Crippen LogP contribution in [0.5, 0.6) is 40.2 Å². The first-order valence-corrected chi connectivity index (χ1v) is 14.3. The molecule has 4 rings (SSSR count). The van der Waals surface area contributed by atoms with Crippen molar-refractivity contribution in [2.45, 2.75) is 12.8 Å². The van der Waals surface area contributed by atoms with Gasteiger partial charge in [-0.2, -0.15) is 0 Å². The third-order valence-corrected chi connectivity index (χ3v) is 7.79. The molecule has 0 bridgehead atoms. The SMILES string of the molecule is COc1ccc(CCN2C(=O)/C(=C\c3cc(OC)c(OC)c(OC)c3)N(CCc3ccc(OC)c(OC)c3)C2=S)cc1OC. The normalized spacial score (nSPS) is 13.8. The molecule has 0 radical (unpaired) electrons. The van der Waals surface area contributed by atoms with Crippen molar-refractivity contribution in [2.24, 2.45) is 0 Å². The number of carbonyl (C=O) groups excluding carboxylic acids is 1. The molecule has 1 aliphatic rings. The van der Waals surface area contributed by atoms with E-state index in [2.05, 4.69) is 0 Å². The highest BCUT2D eigenvalue weighted by atomic mass is 32.1.